The molecule has 132 valence electrons. The molecule has 2 aromatic heterocycles. The van der Waals surface area contributed by atoms with Gasteiger partial charge in [0.25, 0.3) is 0 Å². The number of piperidine rings is 1. The van der Waals surface area contributed by atoms with Crippen molar-refractivity contribution in [2.75, 3.05) is 13.1 Å². The van der Waals surface area contributed by atoms with E-state index in [0.717, 1.165) is 24.2 Å². The van der Waals surface area contributed by atoms with E-state index in [9.17, 15) is 4.79 Å². The molecule has 2 aromatic rings. The zero-order valence-corrected chi connectivity index (χ0v) is 14.9. The van der Waals surface area contributed by atoms with E-state index in [1.165, 1.54) is 31.1 Å². The van der Waals surface area contributed by atoms with Crippen LogP contribution in [0.3, 0.4) is 0 Å². The molecule has 0 aliphatic carbocycles. The average Bonchev–Trinajstić information content (AvgIpc) is 2.62. The number of hydrogen-bond acceptors (Lipinski definition) is 4. The molecular weight excluding hydrogens is 314 g/mol. The number of nitrogens with zero attached hydrogens (tertiary/aromatic N) is 3. The highest BCUT2D eigenvalue weighted by molar-refractivity contribution is 5.88. The summed E-state index contributed by atoms with van der Waals surface area (Å²) in [6.45, 7) is 6.89. The van der Waals surface area contributed by atoms with Crippen molar-refractivity contribution in [1.29, 1.82) is 0 Å². The minimum atomic E-state index is -0.974. The number of carboxylic acid groups (broad SMARTS) is 1. The molecule has 1 unspecified atom stereocenters. The van der Waals surface area contributed by atoms with Gasteiger partial charge in [-0.3, -0.25) is 9.97 Å². The number of hydrogen-bond donors (Lipinski definition) is 1. The molecule has 0 bridgehead atoms. The Morgan fingerprint density at radius 3 is 2.84 bits per heavy atom. The molecule has 3 rings (SSSR count). The van der Waals surface area contributed by atoms with E-state index in [1.54, 1.807) is 12.3 Å². The Morgan fingerprint density at radius 2 is 2.16 bits per heavy atom. The Hall–Kier alpha value is -2.27. The van der Waals surface area contributed by atoms with Gasteiger partial charge >= 0.3 is 5.97 Å². The van der Waals surface area contributed by atoms with Crippen molar-refractivity contribution in [2.45, 2.75) is 39.2 Å². The molecule has 0 spiro atoms. The van der Waals surface area contributed by atoms with Gasteiger partial charge in [-0.1, -0.05) is 6.07 Å². The fourth-order valence-corrected chi connectivity index (χ4v) is 3.48. The second-order valence-electron chi connectivity index (χ2n) is 7.12. The second kappa shape index (κ2) is 7.74. The Morgan fingerprint density at radius 1 is 1.32 bits per heavy atom. The zero-order chi connectivity index (χ0) is 17.8. The van der Waals surface area contributed by atoms with Crippen molar-refractivity contribution in [3.8, 4) is 11.3 Å². The van der Waals surface area contributed by atoms with Gasteiger partial charge in [0.15, 0.2) is 0 Å². The van der Waals surface area contributed by atoms with E-state index in [-0.39, 0.29) is 5.56 Å². The Bertz CT molecular complexity index is 728. The molecule has 0 aromatic carbocycles. The zero-order valence-electron chi connectivity index (χ0n) is 14.9. The summed E-state index contributed by atoms with van der Waals surface area (Å²) in [5.41, 5.74) is 2.91. The highest BCUT2D eigenvalue weighted by atomic mass is 16.4. The molecule has 1 aliphatic rings. The third-order valence-corrected chi connectivity index (χ3v) is 4.91. The molecular formula is C20H25N3O2. The van der Waals surface area contributed by atoms with Crippen molar-refractivity contribution in [3.63, 3.8) is 0 Å². The maximum absolute atomic E-state index is 11.1. The van der Waals surface area contributed by atoms with E-state index in [4.69, 9.17) is 5.11 Å². The lowest BCUT2D eigenvalue weighted by atomic mass is 9.91. The van der Waals surface area contributed by atoms with Gasteiger partial charge in [0.1, 0.15) is 0 Å². The first-order valence-corrected chi connectivity index (χ1v) is 8.90. The standard InChI is InChI=1S/C20H25N3O2/c1-14(2)23-7-3-4-16(13-23)8-15-5-6-19(22-10-15)17-9-18(20(24)25)12-21-11-17/h5-6,9-12,14,16H,3-4,7-8,13H2,1-2H3,(H,24,25). The van der Waals surface area contributed by atoms with E-state index in [2.05, 4.69) is 34.8 Å². The SMILES string of the molecule is CC(C)N1CCCC(Cc2ccc(-c3cncc(C(=O)O)c3)nc2)C1. The number of carboxylic acids is 1. The fraction of sp³-hybridized carbons (Fsp3) is 0.450. The van der Waals surface area contributed by atoms with Gasteiger partial charge in [0.2, 0.25) is 0 Å². The van der Waals surface area contributed by atoms with Crippen LogP contribution in [0.4, 0.5) is 0 Å². The van der Waals surface area contributed by atoms with Gasteiger partial charge in [-0.25, -0.2) is 4.79 Å². The predicted octanol–water partition coefficient (Wildman–Crippen LogP) is 3.50. The molecule has 0 amide bonds. The summed E-state index contributed by atoms with van der Waals surface area (Å²) in [6, 6.07) is 6.28. The largest absolute Gasteiger partial charge is 0.478 e. The van der Waals surface area contributed by atoms with Crippen LogP contribution >= 0.6 is 0 Å². The van der Waals surface area contributed by atoms with E-state index in [0.29, 0.717) is 12.0 Å². The van der Waals surface area contributed by atoms with Crippen LogP contribution in [0.25, 0.3) is 11.3 Å². The van der Waals surface area contributed by atoms with Crippen LogP contribution < -0.4 is 0 Å². The predicted molar refractivity (Wildman–Crippen MR) is 97.6 cm³/mol. The van der Waals surface area contributed by atoms with Crippen molar-refractivity contribution >= 4 is 5.97 Å². The van der Waals surface area contributed by atoms with Gasteiger partial charge in [0.05, 0.1) is 11.3 Å². The van der Waals surface area contributed by atoms with E-state index in [1.807, 2.05) is 12.3 Å². The molecule has 1 saturated heterocycles. The van der Waals surface area contributed by atoms with Crippen LogP contribution in [-0.2, 0) is 6.42 Å². The summed E-state index contributed by atoms with van der Waals surface area (Å²) in [5.74, 6) is -0.293. The molecule has 1 atom stereocenters. The fourth-order valence-electron chi connectivity index (χ4n) is 3.48. The molecule has 1 fully saturated rings. The second-order valence-corrected chi connectivity index (χ2v) is 7.12. The van der Waals surface area contributed by atoms with Gasteiger partial charge < -0.3 is 10.0 Å². The molecule has 0 saturated carbocycles. The Labute approximate surface area is 148 Å². The van der Waals surface area contributed by atoms with Gasteiger partial charge in [0, 0.05) is 36.7 Å². The van der Waals surface area contributed by atoms with Crippen LogP contribution in [0.1, 0.15) is 42.6 Å². The van der Waals surface area contributed by atoms with Crippen LogP contribution in [0, 0.1) is 5.92 Å². The normalized spacial score (nSPS) is 18.4. The van der Waals surface area contributed by atoms with Crippen LogP contribution in [0.5, 0.6) is 0 Å². The molecule has 0 radical (unpaired) electrons. The van der Waals surface area contributed by atoms with Crippen LogP contribution in [0.2, 0.25) is 0 Å². The number of aromatic nitrogens is 2. The van der Waals surface area contributed by atoms with Crippen molar-refractivity contribution in [3.05, 3.63) is 47.9 Å². The highest BCUT2D eigenvalue weighted by Gasteiger charge is 2.21. The summed E-state index contributed by atoms with van der Waals surface area (Å²) in [5, 5.41) is 9.08. The summed E-state index contributed by atoms with van der Waals surface area (Å²) in [6.07, 6.45) is 8.50. The van der Waals surface area contributed by atoms with Crippen LogP contribution in [0.15, 0.2) is 36.8 Å². The smallest absolute Gasteiger partial charge is 0.337 e. The topological polar surface area (TPSA) is 66.3 Å². The Kier molecular flexibility index (Phi) is 5.43. The van der Waals surface area contributed by atoms with Crippen molar-refractivity contribution < 1.29 is 9.90 Å². The highest BCUT2D eigenvalue weighted by Crippen LogP contribution is 2.23. The maximum Gasteiger partial charge on any atom is 0.337 e. The van der Waals surface area contributed by atoms with Crippen molar-refractivity contribution in [1.82, 2.24) is 14.9 Å². The van der Waals surface area contributed by atoms with Gasteiger partial charge in [-0.2, -0.15) is 0 Å². The lowest BCUT2D eigenvalue weighted by Crippen LogP contribution is -2.40. The van der Waals surface area contributed by atoms with E-state index >= 15 is 0 Å². The molecule has 5 nitrogen and oxygen atoms in total. The first kappa shape index (κ1) is 17.5. The number of pyridine rings is 2. The first-order chi connectivity index (χ1) is 12.0. The monoisotopic (exact) mass is 339 g/mol. The van der Waals surface area contributed by atoms with Gasteiger partial charge in [-0.15, -0.1) is 0 Å². The summed E-state index contributed by atoms with van der Waals surface area (Å²) < 4.78 is 0. The molecule has 25 heavy (non-hydrogen) atoms. The summed E-state index contributed by atoms with van der Waals surface area (Å²) in [7, 11) is 0. The summed E-state index contributed by atoms with van der Waals surface area (Å²) >= 11 is 0. The maximum atomic E-state index is 11.1. The number of carbonyl (C=O) groups is 1. The Balaban J connectivity index is 1.68. The third-order valence-electron chi connectivity index (χ3n) is 4.91. The number of rotatable bonds is 5. The molecule has 3 heterocycles. The lowest BCUT2D eigenvalue weighted by molar-refractivity contribution is 0.0696. The minimum Gasteiger partial charge on any atom is -0.478 e. The average molecular weight is 339 g/mol. The molecule has 5 heteroatoms. The first-order valence-electron chi connectivity index (χ1n) is 8.90. The van der Waals surface area contributed by atoms with E-state index < -0.39 is 5.97 Å². The summed E-state index contributed by atoms with van der Waals surface area (Å²) in [4.78, 5) is 22.1. The quantitative estimate of drug-likeness (QED) is 0.903. The number of likely N-dealkylation sites (tertiary alicyclic amines) is 1. The minimum absolute atomic E-state index is 0.180. The lowest BCUT2D eigenvalue weighted by Gasteiger charge is -2.35. The molecule has 1 aliphatic heterocycles. The molecule has 1 N–H and O–H groups in total. The van der Waals surface area contributed by atoms with Crippen LogP contribution in [-0.4, -0.2) is 45.1 Å². The van der Waals surface area contributed by atoms with Gasteiger partial charge in [-0.05, 0) is 63.3 Å². The third kappa shape index (κ3) is 4.42. The van der Waals surface area contributed by atoms with Crippen molar-refractivity contribution in [2.24, 2.45) is 5.92 Å². The number of aromatic carboxylic acids is 1.